The van der Waals surface area contributed by atoms with E-state index < -0.39 is 10.8 Å². The van der Waals surface area contributed by atoms with Gasteiger partial charge in [0.25, 0.3) is 0 Å². The molecule has 1 aliphatic heterocycles. The molecule has 2 nitrogen and oxygen atoms in total. The van der Waals surface area contributed by atoms with Crippen LogP contribution in [0.3, 0.4) is 0 Å². The van der Waals surface area contributed by atoms with Crippen molar-refractivity contribution in [2.75, 3.05) is 12.0 Å². The van der Waals surface area contributed by atoms with Crippen LogP contribution in [0.4, 0.5) is 0 Å². The molecule has 11 heavy (non-hydrogen) atoms. The van der Waals surface area contributed by atoms with Crippen molar-refractivity contribution < 1.29 is 4.21 Å². The van der Waals surface area contributed by atoms with Gasteiger partial charge in [-0.15, -0.1) is 0 Å². The second-order valence-electron chi connectivity index (χ2n) is 2.30. The van der Waals surface area contributed by atoms with Gasteiger partial charge in [-0.05, 0) is 12.2 Å². The fraction of sp³-hybridized carbons (Fsp3) is 0.250. The topological polar surface area (TPSA) is 29.1 Å². The first kappa shape index (κ1) is 8.27. The first-order valence-electron chi connectivity index (χ1n) is 3.38. The van der Waals surface area contributed by atoms with Gasteiger partial charge in [0.2, 0.25) is 0 Å². The van der Waals surface area contributed by atoms with E-state index in [2.05, 4.69) is 5.32 Å². The van der Waals surface area contributed by atoms with Crippen molar-refractivity contribution in [1.82, 2.24) is 5.32 Å². The van der Waals surface area contributed by atoms with Crippen LogP contribution in [0.2, 0.25) is 0 Å². The van der Waals surface area contributed by atoms with Crippen LogP contribution in [0.1, 0.15) is 0 Å². The van der Waals surface area contributed by atoms with Crippen molar-refractivity contribution in [3.05, 3.63) is 36.2 Å². The molecule has 0 radical (unpaired) electrons. The lowest BCUT2D eigenvalue weighted by Crippen LogP contribution is -2.11. The molecule has 0 aromatic rings. The predicted octanol–water partition coefficient (Wildman–Crippen LogP) is 0.922. The molecule has 1 N–H and O–H groups in total. The summed E-state index contributed by atoms with van der Waals surface area (Å²) in [5.74, 6) is 0.592. The van der Waals surface area contributed by atoms with Crippen molar-refractivity contribution in [2.45, 2.75) is 0 Å². The third kappa shape index (κ3) is 3.18. The Morgan fingerprint density at radius 2 is 2.27 bits per heavy atom. The predicted molar refractivity (Wildman–Crippen MR) is 48.4 cm³/mol. The summed E-state index contributed by atoms with van der Waals surface area (Å²) >= 11 is 0. The molecule has 0 amide bonds. The van der Waals surface area contributed by atoms with E-state index in [0.29, 0.717) is 5.75 Å². The highest BCUT2D eigenvalue weighted by molar-refractivity contribution is 7.84. The van der Waals surface area contributed by atoms with Crippen LogP contribution in [0, 0.1) is 0 Å². The summed E-state index contributed by atoms with van der Waals surface area (Å²) in [4.78, 5) is 0. The molecule has 1 heterocycles. The zero-order chi connectivity index (χ0) is 8.10. The van der Waals surface area contributed by atoms with Crippen molar-refractivity contribution in [2.24, 2.45) is 0 Å². The lowest BCUT2D eigenvalue weighted by atomic mass is 10.4. The van der Waals surface area contributed by atoms with Crippen molar-refractivity contribution in [1.29, 1.82) is 0 Å². The molecule has 60 valence electrons. The molecule has 1 aliphatic rings. The summed E-state index contributed by atoms with van der Waals surface area (Å²) in [6, 6.07) is 0. The number of hydrogen-bond acceptors (Lipinski definition) is 2. The van der Waals surface area contributed by atoms with Crippen LogP contribution < -0.4 is 5.32 Å². The number of nitrogens with one attached hydrogen (secondary N) is 1. The maximum Gasteiger partial charge on any atom is 0.0633 e. The Hall–Kier alpha value is -0.830. The van der Waals surface area contributed by atoms with E-state index in [1.54, 1.807) is 6.26 Å². The Morgan fingerprint density at radius 3 is 3.00 bits per heavy atom. The SMILES string of the molecule is C[S@@](=O)CC1=CC=CC=CN1. The molecular formula is C8H11NOS. The first-order valence-corrected chi connectivity index (χ1v) is 5.11. The van der Waals surface area contributed by atoms with Gasteiger partial charge >= 0.3 is 0 Å². The Bertz CT molecular complexity index is 240. The van der Waals surface area contributed by atoms with Crippen molar-refractivity contribution in [3.63, 3.8) is 0 Å². The van der Waals surface area contributed by atoms with E-state index in [4.69, 9.17) is 0 Å². The van der Waals surface area contributed by atoms with E-state index in [1.807, 2.05) is 30.5 Å². The van der Waals surface area contributed by atoms with Crippen LogP contribution in [-0.4, -0.2) is 16.2 Å². The number of allylic oxidation sites excluding steroid dienone is 4. The van der Waals surface area contributed by atoms with Gasteiger partial charge < -0.3 is 5.32 Å². The molecule has 3 heteroatoms. The van der Waals surface area contributed by atoms with Crippen LogP contribution in [0.5, 0.6) is 0 Å². The standard InChI is InChI=1S/C8H11NOS/c1-11(10)7-8-5-3-2-4-6-9-8/h2-6,9H,7H2,1H3/t11-/m1/s1. The maximum absolute atomic E-state index is 10.8. The Kier molecular flexibility index (Phi) is 3.11. The maximum atomic E-state index is 10.8. The molecule has 0 bridgehead atoms. The quantitative estimate of drug-likeness (QED) is 0.666. The van der Waals surface area contributed by atoms with Gasteiger partial charge in [0.15, 0.2) is 0 Å². The van der Waals surface area contributed by atoms with E-state index in [0.717, 1.165) is 5.70 Å². The minimum atomic E-state index is -0.769. The number of hydrogen-bond donors (Lipinski definition) is 1. The normalized spacial score (nSPS) is 18.5. The Labute approximate surface area is 69.1 Å². The summed E-state index contributed by atoms with van der Waals surface area (Å²) in [7, 11) is -0.769. The molecule has 0 aromatic heterocycles. The Balaban J connectivity index is 2.57. The molecule has 0 aliphatic carbocycles. The van der Waals surface area contributed by atoms with E-state index >= 15 is 0 Å². The zero-order valence-electron chi connectivity index (χ0n) is 6.41. The van der Waals surface area contributed by atoms with Crippen LogP contribution in [0.15, 0.2) is 36.2 Å². The zero-order valence-corrected chi connectivity index (χ0v) is 7.23. The molecule has 0 fully saturated rings. The highest BCUT2D eigenvalue weighted by atomic mass is 32.2. The molecule has 0 saturated heterocycles. The van der Waals surface area contributed by atoms with Crippen LogP contribution in [-0.2, 0) is 10.8 Å². The van der Waals surface area contributed by atoms with Crippen LogP contribution in [0.25, 0.3) is 0 Å². The second kappa shape index (κ2) is 4.13. The third-order valence-corrected chi connectivity index (χ3v) is 1.96. The second-order valence-corrected chi connectivity index (χ2v) is 3.73. The summed E-state index contributed by atoms with van der Waals surface area (Å²) in [6.07, 6.45) is 11.2. The van der Waals surface area contributed by atoms with E-state index in [-0.39, 0.29) is 0 Å². The molecule has 1 atom stereocenters. The van der Waals surface area contributed by atoms with Gasteiger partial charge in [-0.25, -0.2) is 0 Å². The van der Waals surface area contributed by atoms with Gasteiger partial charge in [-0.1, -0.05) is 12.2 Å². The average molecular weight is 169 g/mol. The summed E-state index contributed by atoms with van der Waals surface area (Å²) in [5.41, 5.74) is 0.996. The molecule has 0 spiro atoms. The minimum absolute atomic E-state index is 0.592. The molecule has 0 saturated carbocycles. The molecule has 0 aromatic carbocycles. The first-order chi connectivity index (χ1) is 5.29. The lowest BCUT2D eigenvalue weighted by molar-refractivity contribution is 0.687. The average Bonchev–Trinajstić information content (AvgIpc) is 2.14. The van der Waals surface area contributed by atoms with Crippen LogP contribution >= 0.6 is 0 Å². The highest BCUT2D eigenvalue weighted by Gasteiger charge is 1.96. The largest absolute Gasteiger partial charge is 0.364 e. The van der Waals surface area contributed by atoms with Gasteiger partial charge in [0, 0.05) is 29.0 Å². The summed E-state index contributed by atoms with van der Waals surface area (Å²) in [5, 5.41) is 3.04. The fourth-order valence-corrected chi connectivity index (χ4v) is 1.42. The molecule has 0 unspecified atom stereocenters. The highest BCUT2D eigenvalue weighted by Crippen LogP contribution is 1.96. The third-order valence-electron chi connectivity index (χ3n) is 1.24. The van der Waals surface area contributed by atoms with Gasteiger partial charge in [-0.3, -0.25) is 4.21 Å². The monoisotopic (exact) mass is 169 g/mol. The molecular weight excluding hydrogens is 158 g/mol. The Morgan fingerprint density at radius 1 is 1.45 bits per heavy atom. The smallest absolute Gasteiger partial charge is 0.0633 e. The van der Waals surface area contributed by atoms with Crippen molar-refractivity contribution in [3.8, 4) is 0 Å². The summed E-state index contributed by atoms with van der Waals surface area (Å²) < 4.78 is 10.8. The van der Waals surface area contributed by atoms with Gasteiger partial charge in [-0.2, -0.15) is 0 Å². The van der Waals surface area contributed by atoms with Gasteiger partial charge in [0.05, 0.1) is 5.75 Å². The van der Waals surface area contributed by atoms with E-state index in [9.17, 15) is 4.21 Å². The van der Waals surface area contributed by atoms with Gasteiger partial charge in [0.1, 0.15) is 0 Å². The number of rotatable bonds is 2. The van der Waals surface area contributed by atoms with E-state index in [1.165, 1.54) is 0 Å². The van der Waals surface area contributed by atoms with Crippen molar-refractivity contribution >= 4 is 10.8 Å². The summed E-state index contributed by atoms with van der Waals surface area (Å²) in [6.45, 7) is 0. The fourth-order valence-electron chi connectivity index (χ4n) is 0.803. The lowest BCUT2D eigenvalue weighted by Gasteiger charge is -2.01. The minimum Gasteiger partial charge on any atom is -0.364 e. The molecule has 1 rings (SSSR count).